The molecule has 2 rings (SSSR count). The largest absolute Gasteiger partial charge is 0.478 e. The number of nitro benzene ring substituents is 1. The molecule has 0 radical (unpaired) electrons. The Morgan fingerprint density at radius 3 is 2.43 bits per heavy atom. The topological polar surface area (TPSA) is 83.7 Å². The van der Waals surface area contributed by atoms with Crippen LogP contribution in [0.5, 0.6) is 0 Å². The second-order valence-electron chi connectivity index (χ2n) is 5.49. The lowest BCUT2D eigenvalue weighted by Crippen LogP contribution is -2.33. The van der Waals surface area contributed by atoms with Gasteiger partial charge in [0.1, 0.15) is 5.69 Å². The molecule has 1 aromatic rings. The monoisotopic (exact) mass is 292 g/mol. The van der Waals surface area contributed by atoms with Crippen LogP contribution in [0.4, 0.5) is 11.4 Å². The van der Waals surface area contributed by atoms with E-state index in [0.29, 0.717) is 0 Å². The third-order valence-electron chi connectivity index (χ3n) is 4.17. The second kappa shape index (κ2) is 6.56. The van der Waals surface area contributed by atoms with E-state index in [1.165, 1.54) is 31.0 Å². The van der Waals surface area contributed by atoms with E-state index in [1.807, 2.05) is 0 Å². The summed E-state index contributed by atoms with van der Waals surface area (Å²) in [4.78, 5) is 23.9. The molecule has 1 aromatic carbocycles. The van der Waals surface area contributed by atoms with Crippen molar-refractivity contribution in [2.45, 2.75) is 44.6 Å². The van der Waals surface area contributed by atoms with E-state index in [-0.39, 0.29) is 23.0 Å². The van der Waals surface area contributed by atoms with E-state index in [9.17, 15) is 20.0 Å². The van der Waals surface area contributed by atoms with Crippen molar-refractivity contribution in [3.63, 3.8) is 0 Å². The molecule has 1 fully saturated rings. The van der Waals surface area contributed by atoms with Gasteiger partial charge in [-0.15, -0.1) is 0 Å². The highest BCUT2D eigenvalue weighted by molar-refractivity contribution is 5.97. The predicted octanol–water partition coefficient (Wildman–Crippen LogP) is 3.45. The highest BCUT2D eigenvalue weighted by Gasteiger charge is 2.28. The van der Waals surface area contributed by atoms with Crippen molar-refractivity contribution in [1.82, 2.24) is 0 Å². The minimum absolute atomic E-state index is 0.00375. The zero-order valence-electron chi connectivity index (χ0n) is 12.1. The van der Waals surface area contributed by atoms with E-state index in [4.69, 9.17) is 0 Å². The van der Waals surface area contributed by atoms with Crippen LogP contribution in [-0.4, -0.2) is 29.1 Å². The third kappa shape index (κ3) is 3.32. The summed E-state index contributed by atoms with van der Waals surface area (Å²) in [5, 5.41) is 20.6. The Hall–Kier alpha value is -2.11. The Labute approximate surface area is 123 Å². The van der Waals surface area contributed by atoms with Crippen LogP contribution in [0, 0.1) is 10.1 Å². The lowest BCUT2D eigenvalue weighted by atomic mass is 10.0. The summed E-state index contributed by atoms with van der Waals surface area (Å²) < 4.78 is 0. The van der Waals surface area contributed by atoms with Crippen molar-refractivity contribution in [3.05, 3.63) is 33.9 Å². The van der Waals surface area contributed by atoms with Gasteiger partial charge in [0.05, 0.1) is 10.5 Å². The van der Waals surface area contributed by atoms with Crippen LogP contribution in [0.25, 0.3) is 0 Å². The summed E-state index contributed by atoms with van der Waals surface area (Å²) in [7, 11) is 1.77. The molecule has 0 unspecified atom stereocenters. The van der Waals surface area contributed by atoms with Gasteiger partial charge in [0, 0.05) is 19.2 Å². The van der Waals surface area contributed by atoms with Gasteiger partial charge in [-0.2, -0.15) is 0 Å². The van der Waals surface area contributed by atoms with Crippen molar-refractivity contribution in [1.29, 1.82) is 0 Å². The first-order chi connectivity index (χ1) is 10.0. The molecule has 0 heterocycles. The Morgan fingerprint density at radius 2 is 1.90 bits per heavy atom. The summed E-state index contributed by atoms with van der Waals surface area (Å²) in [6.07, 6.45) is 6.40. The van der Waals surface area contributed by atoms with Gasteiger partial charge >= 0.3 is 5.97 Å². The number of rotatable bonds is 4. The molecule has 0 amide bonds. The molecule has 0 aromatic heterocycles. The molecule has 21 heavy (non-hydrogen) atoms. The molecule has 6 heteroatoms. The van der Waals surface area contributed by atoms with Crippen molar-refractivity contribution in [3.8, 4) is 0 Å². The van der Waals surface area contributed by atoms with Crippen LogP contribution < -0.4 is 4.90 Å². The number of anilines is 1. The molecule has 0 atom stereocenters. The number of para-hydroxylation sites is 1. The molecule has 6 nitrogen and oxygen atoms in total. The normalized spacial score (nSPS) is 16.2. The molecule has 0 spiro atoms. The van der Waals surface area contributed by atoms with Gasteiger partial charge < -0.3 is 10.0 Å². The average molecular weight is 292 g/mol. The lowest BCUT2D eigenvalue weighted by Gasteiger charge is -2.29. The summed E-state index contributed by atoms with van der Waals surface area (Å²) >= 11 is 0. The Kier molecular flexibility index (Phi) is 4.77. The van der Waals surface area contributed by atoms with Crippen molar-refractivity contribution in [2.24, 2.45) is 0 Å². The van der Waals surface area contributed by atoms with Crippen molar-refractivity contribution in [2.75, 3.05) is 11.9 Å². The first-order valence-corrected chi connectivity index (χ1v) is 7.26. The average Bonchev–Trinajstić information content (AvgIpc) is 2.74. The zero-order chi connectivity index (χ0) is 15.4. The molecule has 0 bridgehead atoms. The summed E-state index contributed by atoms with van der Waals surface area (Å²) in [5.41, 5.74) is 0.0829. The Bertz CT molecular complexity index is 504. The van der Waals surface area contributed by atoms with Gasteiger partial charge in [0.2, 0.25) is 0 Å². The van der Waals surface area contributed by atoms with Gasteiger partial charge in [-0.3, -0.25) is 10.1 Å². The number of benzene rings is 1. The zero-order valence-corrected chi connectivity index (χ0v) is 12.1. The highest BCUT2D eigenvalue weighted by Crippen LogP contribution is 2.35. The molecule has 1 aliphatic rings. The number of hydrogen-bond donors (Lipinski definition) is 1. The summed E-state index contributed by atoms with van der Waals surface area (Å²) in [6, 6.07) is 4.38. The van der Waals surface area contributed by atoms with E-state index in [0.717, 1.165) is 25.7 Å². The predicted molar refractivity (Wildman–Crippen MR) is 79.9 cm³/mol. The minimum Gasteiger partial charge on any atom is -0.478 e. The lowest BCUT2D eigenvalue weighted by molar-refractivity contribution is -0.384. The number of carbonyl (C=O) groups is 1. The molecular formula is C15H20N2O4. The van der Waals surface area contributed by atoms with E-state index >= 15 is 0 Å². The second-order valence-corrected chi connectivity index (χ2v) is 5.49. The number of hydrogen-bond acceptors (Lipinski definition) is 4. The van der Waals surface area contributed by atoms with Gasteiger partial charge in [-0.25, -0.2) is 4.79 Å². The Balaban J connectivity index is 2.44. The minimum atomic E-state index is -1.13. The van der Waals surface area contributed by atoms with Crippen LogP contribution in [0.1, 0.15) is 48.9 Å². The molecule has 1 aliphatic carbocycles. The van der Waals surface area contributed by atoms with Gasteiger partial charge in [-0.05, 0) is 18.9 Å². The number of carboxylic acid groups (broad SMARTS) is 1. The van der Waals surface area contributed by atoms with Crippen molar-refractivity contribution >= 4 is 17.3 Å². The van der Waals surface area contributed by atoms with Gasteiger partial charge in [0.15, 0.2) is 0 Å². The SMILES string of the molecule is CN(c1c(C(=O)O)cccc1[N+](=O)[O-])C1CCCCCC1. The number of carboxylic acids is 1. The Morgan fingerprint density at radius 1 is 1.29 bits per heavy atom. The van der Waals surface area contributed by atoms with Gasteiger partial charge in [-0.1, -0.05) is 31.7 Å². The molecule has 1 saturated carbocycles. The standard InChI is InChI=1S/C15H20N2O4/c1-16(11-7-4-2-3-5-8-11)14-12(15(18)19)9-6-10-13(14)17(20)21/h6,9-11H,2-5,7-8H2,1H3,(H,18,19). The van der Waals surface area contributed by atoms with Crippen LogP contribution in [0.15, 0.2) is 18.2 Å². The van der Waals surface area contributed by atoms with E-state index in [2.05, 4.69) is 0 Å². The van der Waals surface area contributed by atoms with Crippen LogP contribution in [0.2, 0.25) is 0 Å². The fourth-order valence-electron chi connectivity index (χ4n) is 3.05. The summed E-state index contributed by atoms with van der Waals surface area (Å²) in [5.74, 6) is -1.13. The fraction of sp³-hybridized carbons (Fsp3) is 0.533. The third-order valence-corrected chi connectivity index (χ3v) is 4.17. The molecule has 0 saturated heterocycles. The maximum absolute atomic E-state index is 11.4. The molecule has 114 valence electrons. The van der Waals surface area contributed by atoms with Crippen LogP contribution in [-0.2, 0) is 0 Å². The quantitative estimate of drug-likeness (QED) is 0.522. The molecule has 1 N–H and O–H groups in total. The maximum Gasteiger partial charge on any atom is 0.338 e. The van der Waals surface area contributed by atoms with Crippen LogP contribution >= 0.6 is 0 Å². The number of nitrogens with zero attached hydrogens (tertiary/aromatic N) is 2. The molecule has 0 aliphatic heterocycles. The highest BCUT2D eigenvalue weighted by atomic mass is 16.6. The first kappa shape index (κ1) is 15.3. The van der Waals surface area contributed by atoms with Crippen LogP contribution in [0.3, 0.4) is 0 Å². The summed E-state index contributed by atoms with van der Waals surface area (Å²) in [6.45, 7) is 0. The maximum atomic E-state index is 11.4. The smallest absolute Gasteiger partial charge is 0.338 e. The fourth-order valence-corrected chi connectivity index (χ4v) is 3.05. The molecular weight excluding hydrogens is 272 g/mol. The van der Waals surface area contributed by atoms with E-state index in [1.54, 1.807) is 11.9 Å². The van der Waals surface area contributed by atoms with Crippen molar-refractivity contribution < 1.29 is 14.8 Å². The van der Waals surface area contributed by atoms with E-state index < -0.39 is 10.9 Å². The van der Waals surface area contributed by atoms with Gasteiger partial charge in [0.25, 0.3) is 5.69 Å². The number of aromatic carboxylic acids is 1. The number of nitro groups is 1. The first-order valence-electron chi connectivity index (χ1n) is 7.26.